The van der Waals surface area contributed by atoms with Gasteiger partial charge in [0.2, 0.25) is 0 Å². The summed E-state index contributed by atoms with van der Waals surface area (Å²) in [5.74, 6) is -0.559. The molecule has 0 saturated heterocycles. The van der Waals surface area contributed by atoms with Crippen LogP contribution >= 0.6 is 11.6 Å². The standard InChI is InChI=1S/C23H18ClNO3/c1-28-23(27)17-10-7-16(8-11-17)9-14-22(26)20-13-12-18(24)15-21(20)25-19-5-3-2-4-6-19/h2-15,25H,1H3/b14-9+. The van der Waals surface area contributed by atoms with Gasteiger partial charge in [-0.3, -0.25) is 4.79 Å². The minimum atomic E-state index is -0.399. The summed E-state index contributed by atoms with van der Waals surface area (Å²) >= 11 is 6.11. The highest BCUT2D eigenvalue weighted by Gasteiger charge is 2.10. The minimum absolute atomic E-state index is 0.160. The monoisotopic (exact) mass is 391 g/mol. The van der Waals surface area contributed by atoms with Crippen LogP contribution in [-0.2, 0) is 4.74 Å². The van der Waals surface area contributed by atoms with Gasteiger partial charge in [0.15, 0.2) is 5.78 Å². The molecule has 140 valence electrons. The number of ether oxygens (including phenoxy) is 1. The fourth-order valence-corrected chi connectivity index (χ4v) is 2.79. The molecule has 0 aliphatic heterocycles. The van der Waals surface area contributed by atoms with Crippen molar-refractivity contribution in [3.05, 3.63) is 101 Å². The number of ketones is 1. The number of methoxy groups -OCH3 is 1. The number of allylic oxidation sites excluding steroid dienone is 1. The Kier molecular flexibility index (Phi) is 6.25. The van der Waals surface area contributed by atoms with Crippen LogP contribution in [0.1, 0.15) is 26.3 Å². The minimum Gasteiger partial charge on any atom is -0.465 e. The van der Waals surface area contributed by atoms with Crippen molar-refractivity contribution in [3.8, 4) is 0 Å². The van der Waals surface area contributed by atoms with Crippen molar-refractivity contribution in [3.63, 3.8) is 0 Å². The smallest absolute Gasteiger partial charge is 0.337 e. The summed E-state index contributed by atoms with van der Waals surface area (Å²) in [6.45, 7) is 0. The molecule has 0 unspecified atom stereocenters. The number of rotatable bonds is 6. The van der Waals surface area contributed by atoms with Crippen LogP contribution < -0.4 is 5.32 Å². The predicted molar refractivity (Wildman–Crippen MR) is 112 cm³/mol. The summed E-state index contributed by atoms with van der Waals surface area (Å²) in [7, 11) is 1.34. The van der Waals surface area contributed by atoms with Crippen LogP contribution in [0.4, 0.5) is 11.4 Å². The van der Waals surface area contributed by atoms with Crippen molar-refractivity contribution in [1.29, 1.82) is 0 Å². The van der Waals surface area contributed by atoms with E-state index in [4.69, 9.17) is 11.6 Å². The predicted octanol–water partition coefficient (Wildman–Crippen LogP) is 5.77. The molecule has 0 radical (unpaired) electrons. The zero-order chi connectivity index (χ0) is 19.9. The fraction of sp³-hybridized carbons (Fsp3) is 0.0435. The van der Waals surface area contributed by atoms with E-state index < -0.39 is 5.97 Å². The Bertz CT molecular complexity index is 1010. The summed E-state index contributed by atoms with van der Waals surface area (Å²) in [5.41, 5.74) is 3.26. The quantitative estimate of drug-likeness (QED) is 0.329. The van der Waals surface area contributed by atoms with Gasteiger partial charge in [0, 0.05) is 16.3 Å². The number of carbonyl (C=O) groups is 2. The summed E-state index contributed by atoms with van der Waals surface area (Å²) in [5, 5.41) is 3.77. The van der Waals surface area contributed by atoms with Crippen LogP contribution in [0.25, 0.3) is 6.08 Å². The lowest BCUT2D eigenvalue weighted by atomic mass is 10.1. The number of hydrogen-bond acceptors (Lipinski definition) is 4. The van der Waals surface area contributed by atoms with Crippen molar-refractivity contribution >= 4 is 40.8 Å². The first-order valence-electron chi connectivity index (χ1n) is 8.59. The summed E-state index contributed by atoms with van der Waals surface area (Å²) in [6.07, 6.45) is 3.19. The largest absolute Gasteiger partial charge is 0.465 e. The molecular formula is C23H18ClNO3. The molecule has 3 aromatic carbocycles. The van der Waals surface area contributed by atoms with Crippen molar-refractivity contribution in [2.75, 3.05) is 12.4 Å². The molecule has 3 rings (SSSR count). The molecule has 0 aliphatic rings. The second-order valence-corrected chi connectivity index (χ2v) is 6.43. The Morgan fingerprint density at radius 2 is 1.68 bits per heavy atom. The molecule has 0 spiro atoms. The van der Waals surface area contributed by atoms with Gasteiger partial charge in [-0.15, -0.1) is 0 Å². The van der Waals surface area contributed by atoms with E-state index in [2.05, 4.69) is 10.1 Å². The lowest BCUT2D eigenvalue weighted by Gasteiger charge is -2.11. The summed E-state index contributed by atoms with van der Waals surface area (Å²) in [6, 6.07) is 21.5. The lowest BCUT2D eigenvalue weighted by molar-refractivity contribution is 0.0600. The van der Waals surface area contributed by atoms with Gasteiger partial charge >= 0.3 is 5.97 Å². The molecule has 0 saturated carbocycles. The van der Waals surface area contributed by atoms with E-state index >= 15 is 0 Å². The zero-order valence-electron chi connectivity index (χ0n) is 15.2. The number of benzene rings is 3. The fourth-order valence-electron chi connectivity index (χ4n) is 2.62. The van der Waals surface area contributed by atoms with Gasteiger partial charge in [-0.25, -0.2) is 4.79 Å². The third kappa shape index (κ3) is 4.87. The second kappa shape index (κ2) is 9.02. The average molecular weight is 392 g/mol. The van der Waals surface area contributed by atoms with E-state index in [1.165, 1.54) is 13.2 Å². The molecule has 0 aromatic heterocycles. The van der Waals surface area contributed by atoms with E-state index in [-0.39, 0.29) is 5.78 Å². The lowest BCUT2D eigenvalue weighted by Crippen LogP contribution is -2.02. The second-order valence-electron chi connectivity index (χ2n) is 5.99. The number of anilines is 2. The molecule has 1 N–H and O–H groups in total. The highest BCUT2D eigenvalue weighted by atomic mass is 35.5. The van der Waals surface area contributed by atoms with Crippen molar-refractivity contribution in [2.45, 2.75) is 0 Å². The molecule has 0 amide bonds. The molecule has 5 heteroatoms. The Morgan fingerprint density at radius 3 is 2.36 bits per heavy atom. The highest BCUT2D eigenvalue weighted by Crippen LogP contribution is 2.25. The topological polar surface area (TPSA) is 55.4 Å². The number of para-hydroxylation sites is 1. The van der Waals surface area contributed by atoms with E-state index in [1.54, 1.807) is 48.5 Å². The molecule has 0 bridgehead atoms. The molecule has 0 fully saturated rings. The van der Waals surface area contributed by atoms with E-state index in [0.29, 0.717) is 21.8 Å². The third-order valence-corrected chi connectivity index (χ3v) is 4.29. The van der Waals surface area contributed by atoms with Crippen LogP contribution in [0.5, 0.6) is 0 Å². The maximum atomic E-state index is 12.7. The van der Waals surface area contributed by atoms with E-state index in [1.807, 2.05) is 30.3 Å². The van der Waals surface area contributed by atoms with Gasteiger partial charge in [-0.2, -0.15) is 0 Å². The summed E-state index contributed by atoms with van der Waals surface area (Å²) in [4.78, 5) is 24.2. The number of carbonyl (C=O) groups excluding carboxylic acids is 2. The van der Waals surface area contributed by atoms with Gasteiger partial charge < -0.3 is 10.1 Å². The molecule has 0 atom stereocenters. The van der Waals surface area contributed by atoms with Crippen LogP contribution in [0.2, 0.25) is 5.02 Å². The van der Waals surface area contributed by atoms with Crippen LogP contribution in [0, 0.1) is 0 Å². The van der Waals surface area contributed by atoms with Gasteiger partial charge in [-0.05, 0) is 54.1 Å². The number of hydrogen-bond donors (Lipinski definition) is 1. The first-order chi connectivity index (χ1) is 13.6. The zero-order valence-corrected chi connectivity index (χ0v) is 15.9. The molecular weight excluding hydrogens is 374 g/mol. The Balaban J connectivity index is 1.80. The van der Waals surface area contributed by atoms with Crippen LogP contribution in [-0.4, -0.2) is 18.9 Å². The highest BCUT2D eigenvalue weighted by molar-refractivity contribution is 6.31. The molecule has 28 heavy (non-hydrogen) atoms. The number of nitrogens with one attached hydrogen (secondary N) is 1. The molecule has 3 aromatic rings. The SMILES string of the molecule is COC(=O)c1ccc(/C=C/C(=O)c2ccc(Cl)cc2Nc2ccccc2)cc1. The van der Waals surface area contributed by atoms with Crippen LogP contribution in [0.3, 0.4) is 0 Å². The normalized spacial score (nSPS) is 10.6. The van der Waals surface area contributed by atoms with Gasteiger partial charge in [0.25, 0.3) is 0 Å². The third-order valence-electron chi connectivity index (χ3n) is 4.06. The first-order valence-corrected chi connectivity index (χ1v) is 8.97. The Hall–Kier alpha value is -3.37. The first kappa shape index (κ1) is 19.4. The van der Waals surface area contributed by atoms with Gasteiger partial charge in [0.1, 0.15) is 0 Å². The summed E-state index contributed by atoms with van der Waals surface area (Å²) < 4.78 is 4.67. The Morgan fingerprint density at radius 1 is 0.964 bits per heavy atom. The maximum Gasteiger partial charge on any atom is 0.337 e. The van der Waals surface area contributed by atoms with Gasteiger partial charge in [0.05, 0.1) is 18.4 Å². The van der Waals surface area contributed by atoms with Crippen molar-refractivity contribution in [1.82, 2.24) is 0 Å². The van der Waals surface area contributed by atoms with Gasteiger partial charge in [-0.1, -0.05) is 48.0 Å². The Labute approximate surface area is 168 Å². The van der Waals surface area contributed by atoms with E-state index in [9.17, 15) is 9.59 Å². The van der Waals surface area contributed by atoms with E-state index in [0.717, 1.165) is 11.3 Å². The average Bonchev–Trinajstić information content (AvgIpc) is 2.72. The molecule has 0 heterocycles. The molecule has 4 nitrogen and oxygen atoms in total. The molecule has 0 aliphatic carbocycles. The van der Waals surface area contributed by atoms with Crippen LogP contribution in [0.15, 0.2) is 78.9 Å². The number of esters is 1. The number of halogens is 1. The van der Waals surface area contributed by atoms with Crippen molar-refractivity contribution in [2.24, 2.45) is 0 Å². The van der Waals surface area contributed by atoms with Crippen molar-refractivity contribution < 1.29 is 14.3 Å². The maximum absolute atomic E-state index is 12.7.